The lowest BCUT2D eigenvalue weighted by Crippen LogP contribution is -2.41. The van der Waals surface area contributed by atoms with Gasteiger partial charge in [0.15, 0.2) is 6.61 Å². The molecule has 0 saturated carbocycles. The van der Waals surface area contributed by atoms with Crippen molar-refractivity contribution in [3.8, 4) is 5.88 Å². The first kappa shape index (κ1) is 24.0. The van der Waals surface area contributed by atoms with E-state index in [-0.39, 0.29) is 11.5 Å². The van der Waals surface area contributed by atoms with Crippen molar-refractivity contribution in [2.75, 3.05) is 11.9 Å². The number of hydrogen-bond donors (Lipinski definition) is 2. The molecule has 0 aromatic carbocycles. The van der Waals surface area contributed by atoms with Gasteiger partial charge in [0.25, 0.3) is 5.91 Å². The van der Waals surface area contributed by atoms with Gasteiger partial charge in [0.2, 0.25) is 11.8 Å². The van der Waals surface area contributed by atoms with Crippen LogP contribution in [0.2, 0.25) is 0 Å². The lowest BCUT2D eigenvalue weighted by atomic mass is 10.1. The maximum atomic E-state index is 12.9. The second kappa shape index (κ2) is 9.23. The van der Waals surface area contributed by atoms with Crippen molar-refractivity contribution in [3.05, 3.63) is 47.3 Å². The van der Waals surface area contributed by atoms with E-state index in [1.807, 2.05) is 0 Å². The molecule has 2 aromatic rings. The molecule has 0 aliphatic rings. The summed E-state index contributed by atoms with van der Waals surface area (Å²) in [6.07, 6.45) is -4.75. The van der Waals surface area contributed by atoms with Gasteiger partial charge in [-0.1, -0.05) is 0 Å². The number of pyridine rings is 2. The summed E-state index contributed by atoms with van der Waals surface area (Å²) in [6.45, 7) is 2.81. The van der Waals surface area contributed by atoms with Crippen molar-refractivity contribution < 1.29 is 36.3 Å². The first-order chi connectivity index (χ1) is 14.3. The largest absolute Gasteiger partial charge is 0.471 e. The Labute approximate surface area is 174 Å². The van der Waals surface area contributed by atoms with Crippen molar-refractivity contribution >= 4 is 17.6 Å². The molecule has 168 valence electrons. The molecular weight excluding hydrogens is 427 g/mol. The predicted octanol–water partition coefficient (Wildman–Crippen LogP) is 3.81. The highest BCUT2D eigenvalue weighted by Gasteiger charge is 2.58. The number of aromatic nitrogens is 2. The number of ether oxygens (including phenoxy) is 1. The zero-order valence-corrected chi connectivity index (χ0v) is 16.7. The van der Waals surface area contributed by atoms with E-state index in [0.717, 1.165) is 12.3 Å². The van der Waals surface area contributed by atoms with Crippen molar-refractivity contribution in [1.29, 1.82) is 0 Å². The van der Waals surface area contributed by atoms with Crippen LogP contribution in [0.5, 0.6) is 5.88 Å². The summed E-state index contributed by atoms with van der Waals surface area (Å²) in [6, 6.07) is 5.00. The number of nitrogens with one attached hydrogen (secondary N) is 2. The second-order valence-corrected chi connectivity index (χ2v) is 6.68. The summed E-state index contributed by atoms with van der Waals surface area (Å²) in [7, 11) is 0. The minimum Gasteiger partial charge on any atom is -0.471 e. The van der Waals surface area contributed by atoms with Gasteiger partial charge in [-0.25, -0.2) is 9.97 Å². The molecule has 7 nitrogen and oxygen atoms in total. The minimum absolute atomic E-state index is 0.0367. The van der Waals surface area contributed by atoms with E-state index < -0.39 is 36.5 Å². The number of carbonyl (C=O) groups is 2. The van der Waals surface area contributed by atoms with Crippen LogP contribution in [-0.4, -0.2) is 40.5 Å². The van der Waals surface area contributed by atoms with Gasteiger partial charge in [0.05, 0.1) is 11.6 Å². The van der Waals surface area contributed by atoms with Crippen LogP contribution < -0.4 is 15.4 Å². The Morgan fingerprint density at radius 2 is 1.84 bits per heavy atom. The van der Waals surface area contributed by atoms with Gasteiger partial charge in [0, 0.05) is 24.9 Å². The zero-order chi connectivity index (χ0) is 23.4. The third-order valence-corrected chi connectivity index (χ3v) is 3.94. The molecule has 12 heteroatoms. The molecule has 2 heterocycles. The van der Waals surface area contributed by atoms with Crippen molar-refractivity contribution in [1.82, 2.24) is 15.3 Å². The number of halogens is 5. The summed E-state index contributed by atoms with van der Waals surface area (Å²) in [5, 5.41) is 5.24. The quantitative estimate of drug-likeness (QED) is 0.631. The Morgan fingerprint density at radius 1 is 1.16 bits per heavy atom. The summed E-state index contributed by atoms with van der Waals surface area (Å²) in [5.74, 6) is -6.07. The molecule has 2 amide bonds. The first-order valence-corrected chi connectivity index (χ1v) is 8.89. The highest BCUT2D eigenvalue weighted by atomic mass is 19.4. The lowest BCUT2D eigenvalue weighted by Gasteiger charge is -2.19. The normalized spacial score (nSPS) is 12.8. The topological polar surface area (TPSA) is 93.2 Å². The average Bonchev–Trinajstić information content (AvgIpc) is 2.64. The standard InChI is InChI=1S/C19H19F5N4O3/c1-10-6-14(7-15(26-10)28-12(3)29)11(2)27-17(30)13-4-5-16(25-8-13)31-9-18(20,21)19(22,23)24/h4-8,11H,9H2,1-3H3,(H,27,30)(H,26,28,29). The second-order valence-electron chi connectivity index (χ2n) is 6.68. The van der Waals surface area contributed by atoms with Crippen LogP contribution >= 0.6 is 0 Å². The molecule has 0 aliphatic carbocycles. The maximum absolute atomic E-state index is 12.9. The molecule has 1 atom stereocenters. The molecule has 0 bridgehead atoms. The minimum atomic E-state index is -5.74. The molecule has 0 spiro atoms. The van der Waals surface area contributed by atoms with Gasteiger partial charge < -0.3 is 15.4 Å². The summed E-state index contributed by atoms with van der Waals surface area (Å²) in [4.78, 5) is 31.3. The Kier molecular flexibility index (Phi) is 7.13. The fourth-order valence-electron chi connectivity index (χ4n) is 2.40. The third-order valence-electron chi connectivity index (χ3n) is 3.94. The van der Waals surface area contributed by atoms with Gasteiger partial charge in [0.1, 0.15) is 5.82 Å². The van der Waals surface area contributed by atoms with E-state index in [1.54, 1.807) is 26.0 Å². The van der Waals surface area contributed by atoms with Gasteiger partial charge in [-0.3, -0.25) is 9.59 Å². The van der Waals surface area contributed by atoms with E-state index >= 15 is 0 Å². The molecule has 2 aromatic heterocycles. The number of aryl methyl sites for hydroxylation is 1. The van der Waals surface area contributed by atoms with Crippen molar-refractivity contribution in [2.45, 2.75) is 38.9 Å². The number of hydrogen-bond acceptors (Lipinski definition) is 5. The SMILES string of the molecule is CC(=O)Nc1cc(C(C)NC(=O)c2ccc(OCC(F)(F)C(F)(F)F)nc2)cc(C)n1. The van der Waals surface area contributed by atoms with Crippen LogP contribution in [-0.2, 0) is 4.79 Å². The van der Waals surface area contributed by atoms with Crippen LogP contribution in [0.3, 0.4) is 0 Å². The maximum Gasteiger partial charge on any atom is 0.456 e. The first-order valence-electron chi connectivity index (χ1n) is 8.89. The molecule has 1 unspecified atom stereocenters. The predicted molar refractivity (Wildman–Crippen MR) is 99.9 cm³/mol. The van der Waals surface area contributed by atoms with Gasteiger partial charge in [-0.2, -0.15) is 22.0 Å². The number of alkyl halides is 5. The molecule has 0 fully saturated rings. The molecular formula is C19H19F5N4O3. The van der Waals surface area contributed by atoms with Crippen molar-refractivity contribution in [3.63, 3.8) is 0 Å². The summed E-state index contributed by atoms with van der Waals surface area (Å²) >= 11 is 0. The monoisotopic (exact) mass is 446 g/mol. The Hall–Kier alpha value is -3.31. The number of carbonyl (C=O) groups excluding carboxylic acids is 2. The number of rotatable bonds is 7. The smallest absolute Gasteiger partial charge is 0.456 e. The fraction of sp³-hybridized carbons (Fsp3) is 0.368. The van der Waals surface area contributed by atoms with Gasteiger partial charge >= 0.3 is 12.1 Å². The molecule has 2 rings (SSSR count). The molecule has 0 radical (unpaired) electrons. The molecule has 0 aliphatic heterocycles. The van der Waals surface area contributed by atoms with E-state index in [9.17, 15) is 31.5 Å². The number of amides is 2. The van der Waals surface area contributed by atoms with Crippen LogP contribution in [0.25, 0.3) is 0 Å². The lowest BCUT2D eigenvalue weighted by molar-refractivity contribution is -0.290. The van der Waals surface area contributed by atoms with E-state index in [2.05, 4.69) is 25.3 Å². The zero-order valence-electron chi connectivity index (χ0n) is 16.7. The van der Waals surface area contributed by atoms with Crippen LogP contribution in [0.15, 0.2) is 30.5 Å². The Bertz CT molecular complexity index is 949. The number of nitrogens with zero attached hydrogens (tertiary/aromatic N) is 2. The Morgan fingerprint density at radius 3 is 2.39 bits per heavy atom. The highest BCUT2D eigenvalue weighted by Crippen LogP contribution is 2.35. The number of anilines is 1. The van der Waals surface area contributed by atoms with E-state index in [0.29, 0.717) is 17.1 Å². The van der Waals surface area contributed by atoms with Crippen molar-refractivity contribution in [2.24, 2.45) is 0 Å². The molecule has 2 N–H and O–H groups in total. The summed E-state index contributed by atoms with van der Waals surface area (Å²) < 4.78 is 66.6. The van der Waals surface area contributed by atoms with Gasteiger partial charge in [-0.05, 0) is 37.6 Å². The van der Waals surface area contributed by atoms with Gasteiger partial charge in [-0.15, -0.1) is 0 Å². The van der Waals surface area contributed by atoms with Crippen LogP contribution in [0.1, 0.15) is 41.5 Å². The van der Waals surface area contributed by atoms with Crippen LogP contribution in [0.4, 0.5) is 27.8 Å². The Balaban J connectivity index is 2.03. The highest BCUT2D eigenvalue weighted by molar-refractivity contribution is 5.94. The molecule has 0 saturated heterocycles. The van der Waals surface area contributed by atoms with E-state index in [1.165, 1.54) is 13.0 Å². The average molecular weight is 446 g/mol. The fourth-order valence-corrected chi connectivity index (χ4v) is 2.40. The van der Waals surface area contributed by atoms with E-state index in [4.69, 9.17) is 0 Å². The third kappa shape index (κ3) is 6.59. The van der Waals surface area contributed by atoms with Crippen LogP contribution in [0, 0.1) is 6.92 Å². The molecule has 31 heavy (non-hydrogen) atoms. The summed E-state index contributed by atoms with van der Waals surface area (Å²) in [5.41, 5.74) is 1.31.